The summed E-state index contributed by atoms with van der Waals surface area (Å²) in [5.41, 5.74) is 7.84. The lowest BCUT2D eigenvalue weighted by Gasteiger charge is -1.96. The number of aryl methyl sites for hydroxylation is 1. The lowest BCUT2D eigenvalue weighted by molar-refractivity contribution is 0.379. The summed E-state index contributed by atoms with van der Waals surface area (Å²) in [5, 5.41) is 3.85. The van der Waals surface area contributed by atoms with Gasteiger partial charge in [-0.1, -0.05) is 35.0 Å². The van der Waals surface area contributed by atoms with Gasteiger partial charge in [-0.15, -0.1) is 0 Å². The molecule has 0 saturated heterocycles. The molecule has 0 aliphatic carbocycles. The summed E-state index contributed by atoms with van der Waals surface area (Å²) in [6, 6.07) is 8.29. The molecule has 2 rings (SSSR count). The van der Waals surface area contributed by atoms with Crippen LogP contribution in [0.4, 0.5) is 0 Å². The van der Waals surface area contributed by atoms with E-state index >= 15 is 0 Å². The zero-order chi connectivity index (χ0) is 11.4. The minimum absolute atomic E-state index is 0.545. The van der Waals surface area contributed by atoms with Crippen LogP contribution < -0.4 is 5.73 Å². The van der Waals surface area contributed by atoms with Crippen LogP contribution in [0.5, 0.6) is 0 Å². The topological polar surface area (TPSA) is 64.9 Å². The van der Waals surface area contributed by atoms with Crippen molar-refractivity contribution in [1.29, 1.82) is 0 Å². The Morgan fingerprint density at radius 1 is 1.25 bits per heavy atom. The van der Waals surface area contributed by atoms with E-state index < -0.39 is 0 Å². The Morgan fingerprint density at radius 3 is 2.69 bits per heavy atom. The zero-order valence-corrected chi connectivity index (χ0v) is 9.31. The third-order valence-corrected chi connectivity index (χ3v) is 2.35. The van der Waals surface area contributed by atoms with Crippen molar-refractivity contribution in [1.82, 2.24) is 10.1 Å². The van der Waals surface area contributed by atoms with Crippen LogP contribution in [0.3, 0.4) is 0 Å². The zero-order valence-electron chi connectivity index (χ0n) is 9.31. The first-order valence-electron chi connectivity index (χ1n) is 5.35. The second-order valence-electron chi connectivity index (χ2n) is 3.81. The summed E-state index contributed by atoms with van der Waals surface area (Å²) < 4.78 is 5.13. The van der Waals surface area contributed by atoms with Crippen LogP contribution in [0, 0.1) is 6.92 Å². The van der Waals surface area contributed by atoms with Crippen molar-refractivity contribution in [2.24, 2.45) is 5.73 Å². The average Bonchev–Trinajstić information content (AvgIpc) is 2.70. The summed E-state index contributed by atoms with van der Waals surface area (Å²) in [6.45, 7) is 2.61. The smallest absolute Gasteiger partial charge is 0.231 e. The van der Waals surface area contributed by atoms with Crippen LogP contribution >= 0.6 is 0 Å². The molecule has 16 heavy (non-hydrogen) atoms. The molecule has 0 amide bonds. The standard InChI is InChI=1S/C12H15N3O/c1-9-2-4-10(5-3-9)8-12-14-11(6-7-13)15-16-12/h2-5H,6-8,13H2,1H3. The first-order chi connectivity index (χ1) is 7.78. The highest BCUT2D eigenvalue weighted by Gasteiger charge is 2.06. The van der Waals surface area contributed by atoms with E-state index in [1.165, 1.54) is 11.1 Å². The molecule has 0 bridgehead atoms. The molecule has 1 heterocycles. The largest absolute Gasteiger partial charge is 0.339 e. The van der Waals surface area contributed by atoms with E-state index in [-0.39, 0.29) is 0 Å². The number of nitrogens with two attached hydrogens (primary N) is 1. The molecule has 0 fully saturated rings. The fraction of sp³-hybridized carbons (Fsp3) is 0.333. The van der Waals surface area contributed by atoms with Crippen LogP contribution in [-0.4, -0.2) is 16.7 Å². The highest BCUT2D eigenvalue weighted by Crippen LogP contribution is 2.09. The molecule has 0 aliphatic rings. The van der Waals surface area contributed by atoms with Gasteiger partial charge in [0.2, 0.25) is 5.89 Å². The van der Waals surface area contributed by atoms with E-state index in [4.69, 9.17) is 10.3 Å². The van der Waals surface area contributed by atoms with E-state index in [0.29, 0.717) is 31.1 Å². The third-order valence-electron chi connectivity index (χ3n) is 2.35. The molecule has 2 aromatic rings. The summed E-state index contributed by atoms with van der Waals surface area (Å²) in [4.78, 5) is 4.26. The maximum absolute atomic E-state index is 5.42. The number of aromatic nitrogens is 2. The summed E-state index contributed by atoms with van der Waals surface area (Å²) in [7, 11) is 0. The van der Waals surface area contributed by atoms with Crippen LogP contribution in [0.2, 0.25) is 0 Å². The van der Waals surface area contributed by atoms with Crippen LogP contribution in [-0.2, 0) is 12.8 Å². The molecule has 0 unspecified atom stereocenters. The highest BCUT2D eigenvalue weighted by molar-refractivity contribution is 5.23. The molecule has 1 aromatic heterocycles. The van der Waals surface area contributed by atoms with Gasteiger partial charge in [-0.25, -0.2) is 0 Å². The highest BCUT2D eigenvalue weighted by atomic mass is 16.5. The average molecular weight is 217 g/mol. The van der Waals surface area contributed by atoms with Gasteiger partial charge in [0.15, 0.2) is 5.82 Å². The monoisotopic (exact) mass is 217 g/mol. The molecule has 0 aliphatic heterocycles. The molecule has 0 spiro atoms. The second kappa shape index (κ2) is 4.90. The van der Waals surface area contributed by atoms with E-state index in [9.17, 15) is 0 Å². The molecular weight excluding hydrogens is 202 g/mol. The Bertz CT molecular complexity index is 448. The summed E-state index contributed by atoms with van der Waals surface area (Å²) in [6.07, 6.45) is 1.34. The predicted molar refractivity (Wildman–Crippen MR) is 61.0 cm³/mol. The molecule has 4 heteroatoms. The Kier molecular flexibility index (Phi) is 3.31. The van der Waals surface area contributed by atoms with Crippen molar-refractivity contribution >= 4 is 0 Å². The molecule has 4 nitrogen and oxygen atoms in total. The number of nitrogens with zero attached hydrogens (tertiary/aromatic N) is 2. The molecule has 0 radical (unpaired) electrons. The fourth-order valence-corrected chi connectivity index (χ4v) is 1.47. The Morgan fingerprint density at radius 2 is 2.00 bits per heavy atom. The normalized spacial score (nSPS) is 10.6. The van der Waals surface area contributed by atoms with Crippen molar-refractivity contribution < 1.29 is 4.52 Å². The maximum atomic E-state index is 5.42. The molecule has 84 valence electrons. The summed E-state index contributed by atoms with van der Waals surface area (Å²) in [5.74, 6) is 1.33. The van der Waals surface area contributed by atoms with E-state index in [2.05, 4.69) is 41.3 Å². The van der Waals surface area contributed by atoms with Crippen molar-refractivity contribution in [3.05, 3.63) is 47.1 Å². The number of hydrogen-bond donors (Lipinski definition) is 1. The van der Waals surface area contributed by atoms with Gasteiger partial charge in [0.1, 0.15) is 0 Å². The Balaban J connectivity index is 2.05. The minimum atomic E-state index is 0.545. The molecule has 0 saturated carbocycles. The predicted octanol–water partition coefficient (Wildman–Crippen LogP) is 1.47. The fourth-order valence-electron chi connectivity index (χ4n) is 1.47. The van der Waals surface area contributed by atoms with Crippen LogP contribution in [0.1, 0.15) is 22.8 Å². The Hall–Kier alpha value is -1.68. The minimum Gasteiger partial charge on any atom is -0.339 e. The van der Waals surface area contributed by atoms with Gasteiger partial charge in [0.05, 0.1) is 6.42 Å². The van der Waals surface area contributed by atoms with Gasteiger partial charge in [0.25, 0.3) is 0 Å². The van der Waals surface area contributed by atoms with Crippen molar-refractivity contribution in [3.63, 3.8) is 0 Å². The SMILES string of the molecule is Cc1ccc(Cc2nc(CCN)no2)cc1. The van der Waals surface area contributed by atoms with Gasteiger partial charge in [-0.05, 0) is 19.0 Å². The van der Waals surface area contributed by atoms with Crippen molar-refractivity contribution in [2.45, 2.75) is 19.8 Å². The lowest BCUT2D eigenvalue weighted by Crippen LogP contribution is -2.04. The summed E-state index contributed by atoms with van der Waals surface area (Å²) >= 11 is 0. The first-order valence-corrected chi connectivity index (χ1v) is 5.35. The van der Waals surface area contributed by atoms with Crippen molar-refractivity contribution in [2.75, 3.05) is 6.54 Å². The van der Waals surface area contributed by atoms with E-state index in [1.54, 1.807) is 0 Å². The Labute approximate surface area is 94.5 Å². The van der Waals surface area contributed by atoms with Crippen molar-refractivity contribution in [3.8, 4) is 0 Å². The molecular formula is C12H15N3O. The maximum Gasteiger partial charge on any atom is 0.231 e. The van der Waals surface area contributed by atoms with Gasteiger partial charge >= 0.3 is 0 Å². The molecule has 0 atom stereocenters. The molecule has 1 aromatic carbocycles. The quantitative estimate of drug-likeness (QED) is 0.842. The third kappa shape index (κ3) is 2.67. The van der Waals surface area contributed by atoms with Gasteiger partial charge < -0.3 is 10.3 Å². The number of benzene rings is 1. The molecule has 2 N–H and O–H groups in total. The van der Waals surface area contributed by atoms with Gasteiger partial charge in [-0.3, -0.25) is 0 Å². The van der Waals surface area contributed by atoms with Crippen LogP contribution in [0.15, 0.2) is 28.8 Å². The second-order valence-corrected chi connectivity index (χ2v) is 3.81. The van der Waals surface area contributed by atoms with E-state index in [0.717, 1.165) is 0 Å². The van der Waals surface area contributed by atoms with Gasteiger partial charge in [-0.2, -0.15) is 4.98 Å². The van der Waals surface area contributed by atoms with Gasteiger partial charge in [0, 0.05) is 6.42 Å². The number of hydrogen-bond acceptors (Lipinski definition) is 4. The van der Waals surface area contributed by atoms with E-state index in [1.807, 2.05) is 0 Å². The van der Waals surface area contributed by atoms with Crippen LogP contribution in [0.25, 0.3) is 0 Å². The first kappa shape index (κ1) is 10.8. The lowest BCUT2D eigenvalue weighted by atomic mass is 10.1. The number of rotatable bonds is 4.